The summed E-state index contributed by atoms with van der Waals surface area (Å²) in [6.07, 6.45) is 23.1. The molecule has 0 bridgehead atoms. The lowest BCUT2D eigenvalue weighted by atomic mass is 10.0. The molecule has 2 heteroatoms. The molecule has 0 radical (unpaired) electrons. The van der Waals surface area contributed by atoms with Gasteiger partial charge in [0.25, 0.3) is 0 Å². The van der Waals surface area contributed by atoms with Crippen LogP contribution >= 0.6 is 0 Å². The second kappa shape index (κ2) is 13.2. The van der Waals surface area contributed by atoms with Gasteiger partial charge in [-0.2, -0.15) is 0 Å². The second-order valence-electron chi connectivity index (χ2n) is 6.61. The quantitative estimate of drug-likeness (QED) is 0.376. The molecule has 0 aromatic heterocycles. The Morgan fingerprint density at radius 2 is 1.19 bits per heavy atom. The van der Waals surface area contributed by atoms with Gasteiger partial charge in [0.15, 0.2) is 0 Å². The molecule has 21 heavy (non-hydrogen) atoms. The maximum Gasteiger partial charge on any atom is 0.0378 e. The largest absolute Gasteiger partial charge is 0.316 e. The molecular formula is C19H38N2. The molecule has 0 atom stereocenters. The molecule has 124 valence electrons. The Hall–Kier alpha value is -0.500. The molecule has 1 aliphatic heterocycles. The van der Waals surface area contributed by atoms with Gasteiger partial charge in [-0.3, -0.25) is 0 Å². The fourth-order valence-electron chi connectivity index (χ4n) is 3.11. The topological polar surface area (TPSA) is 6.48 Å². The molecule has 0 N–H and O–H groups in total. The maximum absolute atomic E-state index is 2.42. The summed E-state index contributed by atoms with van der Waals surface area (Å²) >= 11 is 0. The van der Waals surface area contributed by atoms with Crippen LogP contribution in [0.1, 0.15) is 90.4 Å². The number of hydrogen-bond acceptors (Lipinski definition) is 2. The summed E-state index contributed by atoms with van der Waals surface area (Å²) < 4.78 is 0. The minimum atomic E-state index is 1.11. The molecule has 0 saturated carbocycles. The number of hydrogen-bond donors (Lipinski definition) is 0. The maximum atomic E-state index is 2.42. The first-order valence-electron chi connectivity index (χ1n) is 9.49. The van der Waals surface area contributed by atoms with Crippen LogP contribution in [0.3, 0.4) is 0 Å². The number of unbranched alkanes of at least 4 members (excludes halogenated alkanes) is 12. The molecule has 1 rings (SSSR count). The third-order valence-electron chi connectivity index (χ3n) is 4.60. The molecule has 0 fully saturated rings. The molecule has 0 aromatic rings. The van der Waals surface area contributed by atoms with Gasteiger partial charge in [-0.1, -0.05) is 90.0 Å². The molecule has 0 saturated heterocycles. The molecule has 0 aromatic carbocycles. The van der Waals surface area contributed by atoms with Crippen molar-refractivity contribution in [1.82, 2.24) is 10.0 Å². The van der Waals surface area contributed by atoms with Crippen LogP contribution in [-0.2, 0) is 0 Å². The highest BCUT2D eigenvalue weighted by Crippen LogP contribution is 2.13. The van der Waals surface area contributed by atoms with Gasteiger partial charge >= 0.3 is 0 Å². The number of hydrazine groups is 1. The van der Waals surface area contributed by atoms with E-state index in [1.807, 2.05) is 0 Å². The Bertz CT molecular complexity index is 250. The predicted octanol–water partition coefficient (Wildman–Crippen LogP) is 5.75. The van der Waals surface area contributed by atoms with Crippen LogP contribution < -0.4 is 0 Å². The Labute approximate surface area is 133 Å². The summed E-state index contributed by atoms with van der Waals surface area (Å²) in [6, 6.07) is 0. The highest BCUT2D eigenvalue weighted by Gasteiger charge is 2.10. The normalized spacial score (nSPS) is 15.2. The van der Waals surface area contributed by atoms with Crippen molar-refractivity contribution in [2.75, 3.05) is 20.1 Å². The van der Waals surface area contributed by atoms with Crippen molar-refractivity contribution < 1.29 is 0 Å². The van der Waals surface area contributed by atoms with Gasteiger partial charge in [0, 0.05) is 26.3 Å². The highest BCUT2D eigenvalue weighted by molar-refractivity contribution is 4.89. The van der Waals surface area contributed by atoms with E-state index in [1.54, 1.807) is 0 Å². The van der Waals surface area contributed by atoms with Crippen LogP contribution in [0.15, 0.2) is 12.3 Å². The zero-order chi connectivity index (χ0) is 15.2. The SMILES string of the molecule is CCCCCCCCCCCCCCCN1CC=CN1C. The third kappa shape index (κ3) is 9.95. The van der Waals surface area contributed by atoms with E-state index in [9.17, 15) is 0 Å². The van der Waals surface area contributed by atoms with Gasteiger partial charge in [-0.05, 0) is 6.42 Å². The van der Waals surface area contributed by atoms with Crippen LogP contribution in [0.5, 0.6) is 0 Å². The fraction of sp³-hybridized carbons (Fsp3) is 0.895. The van der Waals surface area contributed by atoms with E-state index in [0.29, 0.717) is 0 Å². The molecule has 2 nitrogen and oxygen atoms in total. The van der Waals surface area contributed by atoms with Crippen LogP contribution in [0.2, 0.25) is 0 Å². The van der Waals surface area contributed by atoms with Gasteiger partial charge in [-0.25, -0.2) is 5.01 Å². The Morgan fingerprint density at radius 1 is 0.714 bits per heavy atom. The molecule has 0 amide bonds. The van der Waals surface area contributed by atoms with E-state index in [2.05, 4.69) is 36.3 Å². The Balaban J connectivity index is 1.71. The Kier molecular flexibility index (Phi) is 11.6. The molecule has 1 heterocycles. The molecule has 0 spiro atoms. The predicted molar refractivity (Wildman–Crippen MR) is 94.2 cm³/mol. The van der Waals surface area contributed by atoms with Crippen molar-refractivity contribution >= 4 is 0 Å². The van der Waals surface area contributed by atoms with Crippen LogP contribution in [0, 0.1) is 0 Å². The number of rotatable bonds is 14. The van der Waals surface area contributed by atoms with Gasteiger partial charge < -0.3 is 5.01 Å². The van der Waals surface area contributed by atoms with E-state index in [0.717, 1.165) is 6.54 Å². The van der Waals surface area contributed by atoms with Gasteiger partial charge in [0.05, 0.1) is 0 Å². The van der Waals surface area contributed by atoms with E-state index in [1.165, 1.54) is 90.0 Å². The first-order valence-corrected chi connectivity index (χ1v) is 9.49. The minimum Gasteiger partial charge on any atom is -0.316 e. The van der Waals surface area contributed by atoms with Crippen molar-refractivity contribution in [2.45, 2.75) is 90.4 Å². The standard InChI is InChI=1S/C19H38N2/c1-3-4-5-6-7-8-9-10-11-12-13-14-15-18-21-19-16-17-20(21)2/h16-17H,3-15,18-19H2,1-2H3. The molecule has 0 unspecified atom stereocenters. The zero-order valence-electron chi connectivity index (χ0n) is 14.7. The first-order chi connectivity index (χ1) is 10.3. The van der Waals surface area contributed by atoms with Crippen molar-refractivity contribution in [2.24, 2.45) is 0 Å². The lowest BCUT2D eigenvalue weighted by Gasteiger charge is -2.24. The zero-order valence-corrected chi connectivity index (χ0v) is 14.7. The summed E-state index contributed by atoms with van der Waals surface area (Å²) in [6.45, 7) is 4.62. The molecule has 1 aliphatic rings. The van der Waals surface area contributed by atoms with Crippen LogP contribution in [0.25, 0.3) is 0 Å². The van der Waals surface area contributed by atoms with Crippen LogP contribution in [0.4, 0.5) is 0 Å². The fourth-order valence-corrected chi connectivity index (χ4v) is 3.11. The van der Waals surface area contributed by atoms with E-state index < -0.39 is 0 Å². The smallest absolute Gasteiger partial charge is 0.0378 e. The summed E-state index contributed by atoms with van der Waals surface area (Å²) in [5, 5.41) is 4.64. The van der Waals surface area contributed by atoms with Crippen molar-refractivity contribution in [3.05, 3.63) is 12.3 Å². The number of nitrogens with zero attached hydrogens (tertiary/aromatic N) is 2. The van der Waals surface area contributed by atoms with Crippen LogP contribution in [-0.4, -0.2) is 30.2 Å². The minimum absolute atomic E-state index is 1.11. The summed E-state index contributed by atoms with van der Waals surface area (Å²) in [7, 11) is 2.14. The first kappa shape index (κ1) is 18.5. The van der Waals surface area contributed by atoms with Gasteiger partial charge in [0.1, 0.15) is 0 Å². The second-order valence-corrected chi connectivity index (χ2v) is 6.61. The van der Waals surface area contributed by atoms with E-state index in [-0.39, 0.29) is 0 Å². The summed E-state index contributed by atoms with van der Waals surface area (Å²) in [4.78, 5) is 0. The highest BCUT2D eigenvalue weighted by atomic mass is 15.6. The third-order valence-corrected chi connectivity index (χ3v) is 4.60. The van der Waals surface area contributed by atoms with Gasteiger partial charge in [-0.15, -0.1) is 0 Å². The van der Waals surface area contributed by atoms with Gasteiger partial charge in [0.2, 0.25) is 0 Å². The molecule has 0 aliphatic carbocycles. The lowest BCUT2D eigenvalue weighted by molar-refractivity contribution is 0.0779. The Morgan fingerprint density at radius 3 is 1.62 bits per heavy atom. The van der Waals surface area contributed by atoms with Crippen molar-refractivity contribution in [1.29, 1.82) is 0 Å². The summed E-state index contributed by atoms with van der Waals surface area (Å²) in [5.74, 6) is 0. The monoisotopic (exact) mass is 294 g/mol. The average molecular weight is 295 g/mol. The van der Waals surface area contributed by atoms with E-state index >= 15 is 0 Å². The van der Waals surface area contributed by atoms with E-state index in [4.69, 9.17) is 0 Å². The van der Waals surface area contributed by atoms with Crippen molar-refractivity contribution in [3.8, 4) is 0 Å². The van der Waals surface area contributed by atoms with Crippen molar-refractivity contribution in [3.63, 3.8) is 0 Å². The average Bonchev–Trinajstić information content (AvgIpc) is 2.89. The lowest BCUT2D eigenvalue weighted by Crippen LogP contribution is -2.32. The summed E-state index contributed by atoms with van der Waals surface area (Å²) in [5.41, 5.74) is 0. The molecular weight excluding hydrogens is 256 g/mol.